The molecule has 19 heavy (non-hydrogen) atoms. The van der Waals surface area contributed by atoms with Crippen molar-refractivity contribution in [2.24, 2.45) is 0 Å². The molecule has 0 radical (unpaired) electrons. The van der Waals surface area contributed by atoms with Crippen LogP contribution in [0.1, 0.15) is 18.2 Å². The van der Waals surface area contributed by atoms with E-state index in [9.17, 15) is 4.79 Å². The lowest BCUT2D eigenvalue weighted by Crippen LogP contribution is -2.09. The van der Waals surface area contributed by atoms with Crippen LogP contribution in [0.25, 0.3) is 0 Å². The van der Waals surface area contributed by atoms with Crippen LogP contribution in [0.15, 0.2) is 35.7 Å². The van der Waals surface area contributed by atoms with E-state index in [1.54, 1.807) is 11.3 Å². The van der Waals surface area contributed by atoms with E-state index in [-0.39, 0.29) is 5.91 Å². The molecule has 0 spiro atoms. The van der Waals surface area contributed by atoms with Crippen molar-refractivity contribution in [3.63, 3.8) is 0 Å². The highest BCUT2D eigenvalue weighted by Gasteiger charge is 2.01. The molecular formula is C14H15ClN2OS. The molecule has 2 rings (SSSR count). The number of thiophene rings is 1. The van der Waals surface area contributed by atoms with Crippen LogP contribution in [0.5, 0.6) is 0 Å². The van der Waals surface area contributed by atoms with Gasteiger partial charge < -0.3 is 10.6 Å². The van der Waals surface area contributed by atoms with Gasteiger partial charge in [-0.2, -0.15) is 0 Å². The third-order valence-electron chi connectivity index (χ3n) is 2.56. The minimum absolute atomic E-state index is 0.0159. The summed E-state index contributed by atoms with van der Waals surface area (Å²) in [7, 11) is 0. The highest BCUT2D eigenvalue weighted by Crippen LogP contribution is 2.21. The average molecular weight is 295 g/mol. The molecule has 1 aromatic carbocycles. The van der Waals surface area contributed by atoms with E-state index in [1.165, 1.54) is 4.88 Å². The van der Waals surface area contributed by atoms with Crippen molar-refractivity contribution in [3.05, 3.63) is 45.6 Å². The fourth-order valence-corrected chi connectivity index (χ4v) is 2.60. The predicted molar refractivity (Wildman–Crippen MR) is 82.0 cm³/mol. The van der Waals surface area contributed by atoms with Crippen molar-refractivity contribution < 1.29 is 4.79 Å². The second-order valence-electron chi connectivity index (χ2n) is 4.07. The Morgan fingerprint density at radius 2 is 2.11 bits per heavy atom. The van der Waals surface area contributed by atoms with Gasteiger partial charge in [0.05, 0.1) is 5.02 Å². The molecule has 3 nitrogen and oxygen atoms in total. The minimum Gasteiger partial charge on any atom is -0.380 e. The smallest absolute Gasteiger partial charge is 0.224 e. The van der Waals surface area contributed by atoms with Gasteiger partial charge in [0.15, 0.2) is 0 Å². The van der Waals surface area contributed by atoms with Crippen LogP contribution in [-0.4, -0.2) is 5.91 Å². The summed E-state index contributed by atoms with van der Waals surface area (Å²) < 4.78 is 0. The number of anilines is 2. The molecule has 1 aromatic heterocycles. The Kier molecular flexibility index (Phi) is 4.82. The lowest BCUT2D eigenvalue weighted by molar-refractivity contribution is -0.115. The molecule has 0 saturated heterocycles. The topological polar surface area (TPSA) is 41.1 Å². The van der Waals surface area contributed by atoms with Gasteiger partial charge in [-0.05, 0) is 24.3 Å². The number of amides is 1. The zero-order valence-electron chi connectivity index (χ0n) is 10.6. The minimum atomic E-state index is 0.0159. The third-order valence-corrected chi connectivity index (χ3v) is 3.84. The fraction of sp³-hybridized carbons (Fsp3) is 0.214. The number of rotatable bonds is 5. The van der Waals surface area contributed by atoms with E-state index in [1.807, 2.05) is 42.6 Å². The van der Waals surface area contributed by atoms with Crippen molar-refractivity contribution in [1.82, 2.24) is 0 Å². The van der Waals surface area contributed by atoms with E-state index in [2.05, 4.69) is 10.6 Å². The van der Waals surface area contributed by atoms with Crippen LogP contribution < -0.4 is 10.6 Å². The average Bonchev–Trinajstić information content (AvgIpc) is 2.82. The van der Waals surface area contributed by atoms with Gasteiger partial charge >= 0.3 is 0 Å². The standard InChI is InChI=1S/C14H15ClN2OS/c1-2-14(18)17-12-5-3-4-11(7-12)16-8-13-6-10(15)9-19-13/h3-7,9,16H,2,8H2,1H3,(H,17,18). The lowest BCUT2D eigenvalue weighted by Gasteiger charge is -2.08. The largest absolute Gasteiger partial charge is 0.380 e. The van der Waals surface area contributed by atoms with Crippen LogP contribution in [-0.2, 0) is 11.3 Å². The Bertz CT molecular complexity index is 568. The monoisotopic (exact) mass is 294 g/mol. The van der Waals surface area contributed by atoms with Gasteiger partial charge in [-0.1, -0.05) is 24.6 Å². The van der Waals surface area contributed by atoms with Crippen LogP contribution >= 0.6 is 22.9 Å². The highest BCUT2D eigenvalue weighted by molar-refractivity contribution is 7.10. The molecule has 5 heteroatoms. The molecule has 1 heterocycles. The number of carbonyl (C=O) groups is 1. The van der Waals surface area contributed by atoms with Gasteiger partial charge in [0, 0.05) is 34.6 Å². The molecule has 0 unspecified atom stereocenters. The van der Waals surface area contributed by atoms with E-state index >= 15 is 0 Å². The predicted octanol–water partition coefficient (Wildman–Crippen LogP) is 4.36. The first-order valence-electron chi connectivity index (χ1n) is 6.04. The molecular weight excluding hydrogens is 280 g/mol. The summed E-state index contributed by atoms with van der Waals surface area (Å²) in [6.07, 6.45) is 0.478. The molecule has 0 saturated carbocycles. The molecule has 0 aliphatic rings. The number of hydrogen-bond acceptors (Lipinski definition) is 3. The Morgan fingerprint density at radius 3 is 2.79 bits per heavy atom. The summed E-state index contributed by atoms with van der Waals surface area (Å²) in [4.78, 5) is 12.5. The Labute approximate surface area is 121 Å². The van der Waals surface area contributed by atoms with E-state index < -0.39 is 0 Å². The number of carbonyl (C=O) groups excluding carboxylic acids is 1. The van der Waals surface area contributed by atoms with Gasteiger partial charge in [0.2, 0.25) is 5.91 Å². The summed E-state index contributed by atoms with van der Waals surface area (Å²) in [6, 6.07) is 9.62. The molecule has 0 atom stereocenters. The first-order valence-corrected chi connectivity index (χ1v) is 7.30. The number of halogens is 1. The highest BCUT2D eigenvalue weighted by atomic mass is 35.5. The summed E-state index contributed by atoms with van der Waals surface area (Å²) in [5.41, 5.74) is 1.78. The van der Waals surface area contributed by atoms with Gasteiger partial charge in [-0.25, -0.2) is 0 Å². The van der Waals surface area contributed by atoms with Crippen molar-refractivity contribution in [3.8, 4) is 0 Å². The Morgan fingerprint density at radius 1 is 1.32 bits per heavy atom. The molecule has 0 aliphatic carbocycles. The van der Waals surface area contributed by atoms with Gasteiger partial charge in [0.25, 0.3) is 0 Å². The molecule has 0 bridgehead atoms. The zero-order valence-corrected chi connectivity index (χ0v) is 12.1. The van der Waals surface area contributed by atoms with Crippen LogP contribution in [0, 0.1) is 0 Å². The van der Waals surface area contributed by atoms with Crippen molar-refractivity contribution in [2.75, 3.05) is 10.6 Å². The lowest BCUT2D eigenvalue weighted by atomic mass is 10.2. The quantitative estimate of drug-likeness (QED) is 0.860. The zero-order chi connectivity index (χ0) is 13.7. The van der Waals surface area contributed by atoms with Crippen molar-refractivity contribution >= 4 is 40.2 Å². The van der Waals surface area contributed by atoms with Gasteiger partial charge in [-0.3, -0.25) is 4.79 Å². The molecule has 0 fully saturated rings. The Balaban J connectivity index is 1.97. The Hall–Kier alpha value is -1.52. The number of hydrogen-bond donors (Lipinski definition) is 2. The van der Waals surface area contributed by atoms with E-state index in [4.69, 9.17) is 11.6 Å². The van der Waals surface area contributed by atoms with Gasteiger partial charge in [0.1, 0.15) is 0 Å². The first-order chi connectivity index (χ1) is 9.17. The summed E-state index contributed by atoms with van der Waals surface area (Å²) in [6.45, 7) is 2.56. The first kappa shape index (κ1) is 13.9. The summed E-state index contributed by atoms with van der Waals surface area (Å²) in [5.74, 6) is 0.0159. The number of nitrogens with one attached hydrogen (secondary N) is 2. The fourth-order valence-electron chi connectivity index (χ4n) is 1.59. The molecule has 2 N–H and O–H groups in total. The van der Waals surface area contributed by atoms with Crippen LogP contribution in [0.3, 0.4) is 0 Å². The summed E-state index contributed by atoms with van der Waals surface area (Å²) >= 11 is 7.50. The van der Waals surface area contributed by atoms with Crippen molar-refractivity contribution in [1.29, 1.82) is 0 Å². The van der Waals surface area contributed by atoms with E-state index in [0.29, 0.717) is 6.42 Å². The van der Waals surface area contributed by atoms with Crippen molar-refractivity contribution in [2.45, 2.75) is 19.9 Å². The second-order valence-corrected chi connectivity index (χ2v) is 5.50. The van der Waals surface area contributed by atoms with Crippen LogP contribution in [0.2, 0.25) is 5.02 Å². The maximum absolute atomic E-state index is 11.3. The third kappa shape index (κ3) is 4.26. The molecule has 2 aromatic rings. The number of benzene rings is 1. The molecule has 100 valence electrons. The molecule has 0 aliphatic heterocycles. The van der Waals surface area contributed by atoms with Gasteiger partial charge in [-0.15, -0.1) is 11.3 Å². The van der Waals surface area contributed by atoms with E-state index in [0.717, 1.165) is 22.9 Å². The SMILES string of the molecule is CCC(=O)Nc1cccc(NCc2cc(Cl)cs2)c1. The van der Waals surface area contributed by atoms with Crippen LogP contribution in [0.4, 0.5) is 11.4 Å². The maximum Gasteiger partial charge on any atom is 0.224 e. The molecule has 1 amide bonds. The summed E-state index contributed by atoms with van der Waals surface area (Å²) in [5, 5.41) is 8.83. The maximum atomic E-state index is 11.3. The second kappa shape index (κ2) is 6.59. The normalized spacial score (nSPS) is 10.2.